The van der Waals surface area contributed by atoms with Crippen molar-refractivity contribution in [1.29, 1.82) is 0 Å². The number of nitrogens with zero attached hydrogens (tertiary/aromatic N) is 2. The molecule has 1 aliphatic rings. The first-order chi connectivity index (χ1) is 11.8. The monoisotopic (exact) mass is 324 g/mol. The SMILES string of the molecule is O=C1CCCCCN1CCCN=Cc1c(O)ccc2ccccc12. The van der Waals surface area contributed by atoms with Gasteiger partial charge in [-0.2, -0.15) is 0 Å². The number of carbonyl (C=O) groups excluding carboxylic acids is 1. The van der Waals surface area contributed by atoms with Crippen LogP contribution in [0.4, 0.5) is 0 Å². The number of amides is 1. The molecular weight excluding hydrogens is 300 g/mol. The number of phenolic OH excluding ortho intramolecular Hbond substituents is 1. The zero-order chi connectivity index (χ0) is 16.8. The molecule has 0 bridgehead atoms. The van der Waals surface area contributed by atoms with Gasteiger partial charge < -0.3 is 10.0 Å². The number of carbonyl (C=O) groups is 1. The first-order valence-corrected chi connectivity index (χ1v) is 8.74. The number of fused-ring (bicyclic) bond motifs is 1. The molecule has 1 heterocycles. The molecule has 0 radical (unpaired) electrons. The number of likely N-dealkylation sites (tertiary alicyclic amines) is 1. The van der Waals surface area contributed by atoms with Crippen LogP contribution >= 0.6 is 0 Å². The number of aromatic hydroxyl groups is 1. The maximum absolute atomic E-state index is 11.9. The molecule has 0 saturated carbocycles. The first-order valence-electron chi connectivity index (χ1n) is 8.74. The predicted octanol–water partition coefficient (Wildman–Crippen LogP) is 3.76. The summed E-state index contributed by atoms with van der Waals surface area (Å²) in [5.74, 6) is 0.531. The molecule has 1 aliphatic heterocycles. The highest BCUT2D eigenvalue weighted by molar-refractivity contribution is 6.02. The van der Waals surface area contributed by atoms with E-state index < -0.39 is 0 Å². The molecule has 2 aromatic rings. The molecule has 0 aromatic heterocycles. The van der Waals surface area contributed by atoms with Gasteiger partial charge in [0.1, 0.15) is 5.75 Å². The number of hydrogen-bond acceptors (Lipinski definition) is 3. The highest BCUT2D eigenvalue weighted by Crippen LogP contribution is 2.25. The van der Waals surface area contributed by atoms with Gasteiger partial charge in [0.15, 0.2) is 0 Å². The van der Waals surface area contributed by atoms with Gasteiger partial charge in [0.2, 0.25) is 5.91 Å². The van der Waals surface area contributed by atoms with Crippen LogP contribution in [0.1, 0.15) is 37.7 Å². The minimum absolute atomic E-state index is 0.250. The summed E-state index contributed by atoms with van der Waals surface area (Å²) in [6.45, 7) is 2.32. The van der Waals surface area contributed by atoms with Gasteiger partial charge in [-0.25, -0.2) is 0 Å². The van der Waals surface area contributed by atoms with Gasteiger partial charge in [0, 0.05) is 37.8 Å². The lowest BCUT2D eigenvalue weighted by atomic mass is 10.0. The van der Waals surface area contributed by atoms with Gasteiger partial charge in [0.25, 0.3) is 0 Å². The molecule has 4 heteroatoms. The van der Waals surface area contributed by atoms with Gasteiger partial charge in [-0.1, -0.05) is 36.8 Å². The standard InChI is InChI=1S/C20H24N2O2/c23-19-11-10-16-7-3-4-8-17(16)18(19)15-21-12-6-14-22-13-5-1-2-9-20(22)24/h3-4,7-8,10-11,15,23H,1-2,5-6,9,12-14H2. The Morgan fingerprint density at radius 1 is 1.12 bits per heavy atom. The normalized spacial score (nSPS) is 16.0. The number of rotatable bonds is 5. The minimum Gasteiger partial charge on any atom is -0.507 e. The Kier molecular flexibility index (Phi) is 5.47. The summed E-state index contributed by atoms with van der Waals surface area (Å²) in [5, 5.41) is 12.2. The molecule has 24 heavy (non-hydrogen) atoms. The van der Waals surface area contributed by atoms with E-state index in [-0.39, 0.29) is 11.7 Å². The molecule has 0 aliphatic carbocycles. The molecule has 1 amide bonds. The fraction of sp³-hybridized carbons (Fsp3) is 0.400. The topological polar surface area (TPSA) is 52.9 Å². The quantitative estimate of drug-likeness (QED) is 0.672. The zero-order valence-electron chi connectivity index (χ0n) is 13.9. The Bertz CT molecular complexity index is 739. The fourth-order valence-electron chi connectivity index (χ4n) is 3.20. The van der Waals surface area contributed by atoms with Crippen molar-refractivity contribution in [2.75, 3.05) is 19.6 Å². The second-order valence-electron chi connectivity index (χ2n) is 6.30. The molecule has 126 valence electrons. The summed E-state index contributed by atoms with van der Waals surface area (Å²) in [5.41, 5.74) is 0.763. The fourth-order valence-corrected chi connectivity index (χ4v) is 3.20. The van der Waals surface area contributed by atoms with Crippen LogP contribution in [0.5, 0.6) is 5.75 Å². The van der Waals surface area contributed by atoms with Crippen LogP contribution in [0.15, 0.2) is 41.4 Å². The summed E-state index contributed by atoms with van der Waals surface area (Å²) >= 11 is 0. The first kappa shape index (κ1) is 16.5. The van der Waals surface area contributed by atoms with E-state index >= 15 is 0 Å². The van der Waals surface area contributed by atoms with Crippen LogP contribution in [-0.4, -0.2) is 41.8 Å². The van der Waals surface area contributed by atoms with Gasteiger partial charge in [-0.3, -0.25) is 9.79 Å². The highest BCUT2D eigenvalue weighted by Gasteiger charge is 2.15. The van der Waals surface area contributed by atoms with Gasteiger partial charge in [-0.15, -0.1) is 0 Å². The maximum Gasteiger partial charge on any atom is 0.222 e. The third-order valence-electron chi connectivity index (χ3n) is 4.55. The maximum atomic E-state index is 11.9. The lowest BCUT2D eigenvalue weighted by molar-refractivity contribution is -0.130. The van der Waals surface area contributed by atoms with Crippen LogP contribution in [0.3, 0.4) is 0 Å². The summed E-state index contributed by atoms with van der Waals surface area (Å²) in [4.78, 5) is 18.4. The zero-order valence-corrected chi connectivity index (χ0v) is 13.9. The van der Waals surface area contributed by atoms with Crippen LogP contribution in [0.2, 0.25) is 0 Å². The average Bonchev–Trinajstić information content (AvgIpc) is 2.81. The van der Waals surface area contributed by atoms with Crippen molar-refractivity contribution >= 4 is 22.9 Å². The van der Waals surface area contributed by atoms with Crippen molar-refractivity contribution in [2.24, 2.45) is 4.99 Å². The van der Waals surface area contributed by atoms with E-state index in [1.807, 2.05) is 35.2 Å². The van der Waals surface area contributed by atoms with E-state index in [0.29, 0.717) is 13.0 Å². The van der Waals surface area contributed by atoms with Crippen LogP contribution in [0, 0.1) is 0 Å². The molecule has 4 nitrogen and oxygen atoms in total. The highest BCUT2D eigenvalue weighted by atomic mass is 16.3. The summed E-state index contributed by atoms with van der Waals surface area (Å²) in [6, 6.07) is 11.6. The molecule has 0 atom stereocenters. The smallest absolute Gasteiger partial charge is 0.222 e. The lowest BCUT2D eigenvalue weighted by Crippen LogP contribution is -2.31. The number of hydrogen-bond donors (Lipinski definition) is 1. The third kappa shape index (κ3) is 3.94. The number of phenols is 1. The second-order valence-corrected chi connectivity index (χ2v) is 6.30. The minimum atomic E-state index is 0.250. The predicted molar refractivity (Wildman–Crippen MR) is 97.7 cm³/mol. The Balaban J connectivity index is 1.59. The lowest BCUT2D eigenvalue weighted by Gasteiger charge is -2.19. The molecule has 0 spiro atoms. The second kappa shape index (κ2) is 7.95. The van der Waals surface area contributed by atoms with E-state index in [1.165, 1.54) is 0 Å². The molecule has 3 rings (SSSR count). The van der Waals surface area contributed by atoms with Crippen molar-refractivity contribution in [2.45, 2.75) is 32.1 Å². The Morgan fingerprint density at radius 3 is 2.92 bits per heavy atom. The Hall–Kier alpha value is -2.36. The summed E-state index contributed by atoms with van der Waals surface area (Å²) < 4.78 is 0. The third-order valence-corrected chi connectivity index (χ3v) is 4.55. The molecule has 1 saturated heterocycles. The van der Waals surface area contributed by atoms with Gasteiger partial charge >= 0.3 is 0 Å². The van der Waals surface area contributed by atoms with Crippen molar-refractivity contribution in [1.82, 2.24) is 4.90 Å². The van der Waals surface area contributed by atoms with Crippen LogP contribution < -0.4 is 0 Å². The average molecular weight is 324 g/mol. The van der Waals surface area contributed by atoms with Crippen molar-refractivity contribution in [3.05, 3.63) is 42.0 Å². The largest absolute Gasteiger partial charge is 0.507 e. The van der Waals surface area contributed by atoms with Crippen molar-refractivity contribution in [3.8, 4) is 5.75 Å². The van der Waals surface area contributed by atoms with E-state index in [4.69, 9.17) is 0 Å². The summed E-state index contributed by atoms with van der Waals surface area (Å²) in [6.07, 6.45) is 6.58. The molecule has 2 aromatic carbocycles. The Labute approximate surface area is 142 Å². The number of benzene rings is 2. The van der Waals surface area contributed by atoms with Crippen molar-refractivity contribution < 1.29 is 9.90 Å². The van der Waals surface area contributed by atoms with Gasteiger partial charge in [-0.05, 0) is 36.1 Å². The molecule has 0 unspecified atom stereocenters. The van der Waals surface area contributed by atoms with E-state index in [0.717, 1.165) is 55.1 Å². The van der Waals surface area contributed by atoms with Crippen LogP contribution in [-0.2, 0) is 4.79 Å². The molecule has 1 N–H and O–H groups in total. The number of aliphatic imine (C=N–C) groups is 1. The van der Waals surface area contributed by atoms with E-state index in [1.54, 1.807) is 12.3 Å². The van der Waals surface area contributed by atoms with Crippen LogP contribution in [0.25, 0.3) is 10.8 Å². The molecular formula is C20H24N2O2. The summed E-state index contributed by atoms with van der Waals surface area (Å²) in [7, 11) is 0. The van der Waals surface area contributed by atoms with Gasteiger partial charge in [0.05, 0.1) is 0 Å². The van der Waals surface area contributed by atoms with Crippen molar-refractivity contribution in [3.63, 3.8) is 0 Å². The van der Waals surface area contributed by atoms with E-state index in [9.17, 15) is 9.90 Å². The Morgan fingerprint density at radius 2 is 2.00 bits per heavy atom. The molecule has 1 fully saturated rings. The van der Waals surface area contributed by atoms with E-state index in [2.05, 4.69) is 4.99 Å².